The Labute approximate surface area is 178 Å². The van der Waals surface area contributed by atoms with Crippen molar-refractivity contribution in [1.82, 2.24) is 20.6 Å². The molecule has 0 saturated carbocycles. The van der Waals surface area contributed by atoms with Crippen LogP contribution in [0.5, 0.6) is 17.2 Å². The van der Waals surface area contributed by atoms with Gasteiger partial charge in [0.1, 0.15) is 12.4 Å². The van der Waals surface area contributed by atoms with Gasteiger partial charge in [0.2, 0.25) is 5.91 Å². The van der Waals surface area contributed by atoms with Crippen LogP contribution in [0.4, 0.5) is 5.69 Å². The molecule has 9 heteroatoms. The zero-order valence-corrected chi connectivity index (χ0v) is 16.7. The van der Waals surface area contributed by atoms with Gasteiger partial charge in [0.05, 0.1) is 12.3 Å². The average Bonchev–Trinajstić information content (AvgIpc) is 3.34. The smallest absolute Gasteiger partial charge is 0.248 e. The number of H-pyrrole nitrogens is 1. The highest BCUT2D eigenvalue weighted by molar-refractivity contribution is 6.03. The van der Waals surface area contributed by atoms with Crippen LogP contribution >= 0.6 is 0 Å². The van der Waals surface area contributed by atoms with E-state index >= 15 is 0 Å². The van der Waals surface area contributed by atoms with Crippen molar-refractivity contribution in [3.63, 3.8) is 0 Å². The summed E-state index contributed by atoms with van der Waals surface area (Å²) >= 11 is 0. The fourth-order valence-electron chi connectivity index (χ4n) is 2.91. The summed E-state index contributed by atoms with van der Waals surface area (Å²) in [5.41, 5.74) is 1.37. The molecule has 2 aromatic carbocycles. The van der Waals surface area contributed by atoms with Gasteiger partial charge in [-0.1, -0.05) is 24.3 Å². The Morgan fingerprint density at radius 3 is 2.94 bits per heavy atom. The van der Waals surface area contributed by atoms with Gasteiger partial charge in [-0.15, -0.1) is 11.7 Å². The molecule has 3 aromatic rings. The number of nitrogens with one attached hydrogen (secondary N) is 2. The molecule has 0 bridgehead atoms. The van der Waals surface area contributed by atoms with E-state index in [0.717, 1.165) is 17.7 Å². The van der Waals surface area contributed by atoms with Crippen LogP contribution in [0.2, 0.25) is 0 Å². The monoisotopic (exact) mass is 419 g/mol. The van der Waals surface area contributed by atoms with Gasteiger partial charge >= 0.3 is 0 Å². The van der Waals surface area contributed by atoms with Crippen LogP contribution in [0.25, 0.3) is 6.08 Å². The minimum Gasteiger partial charge on any atom is -0.493 e. The van der Waals surface area contributed by atoms with E-state index in [-0.39, 0.29) is 12.5 Å². The molecule has 1 amide bonds. The first kappa shape index (κ1) is 20.1. The second kappa shape index (κ2) is 9.57. The van der Waals surface area contributed by atoms with Crippen LogP contribution in [-0.2, 0) is 4.79 Å². The number of hydrogen-bond acceptors (Lipinski definition) is 7. The molecule has 1 aliphatic heterocycles. The molecule has 2 N–H and O–H groups in total. The summed E-state index contributed by atoms with van der Waals surface area (Å²) in [4.78, 5) is 12.5. The van der Waals surface area contributed by atoms with Gasteiger partial charge in [-0.2, -0.15) is 0 Å². The second-order valence-electron chi connectivity index (χ2n) is 6.65. The van der Waals surface area contributed by atoms with Gasteiger partial charge in [-0.05, 0) is 52.8 Å². The first-order valence-corrected chi connectivity index (χ1v) is 9.72. The molecule has 0 fully saturated rings. The highest BCUT2D eigenvalue weighted by Crippen LogP contribution is 2.41. The molecular weight excluding hydrogens is 398 g/mol. The Kier molecular flexibility index (Phi) is 6.22. The van der Waals surface area contributed by atoms with E-state index in [0.29, 0.717) is 29.6 Å². The van der Waals surface area contributed by atoms with Crippen molar-refractivity contribution in [3.05, 3.63) is 72.6 Å². The van der Waals surface area contributed by atoms with Crippen LogP contribution < -0.4 is 19.5 Å². The summed E-state index contributed by atoms with van der Waals surface area (Å²) in [5.74, 6) is 1.89. The molecule has 31 heavy (non-hydrogen) atoms. The molecule has 9 nitrogen and oxygen atoms in total. The number of carbonyl (C=O) groups excluding carboxylic acids is 1. The lowest BCUT2D eigenvalue weighted by molar-refractivity contribution is -0.111. The molecule has 158 valence electrons. The Bertz CT molecular complexity index is 1060. The predicted molar refractivity (Wildman–Crippen MR) is 114 cm³/mol. The molecule has 0 radical (unpaired) electrons. The Hall–Kier alpha value is -4.14. The number of hydrogen-bond donors (Lipinski definition) is 2. The first-order valence-electron chi connectivity index (χ1n) is 9.72. The highest BCUT2D eigenvalue weighted by atomic mass is 16.6. The lowest BCUT2D eigenvalue weighted by atomic mass is 10.2. The third kappa shape index (κ3) is 5.08. The number of benzene rings is 2. The SMILES string of the molecule is C=CCCOc1ccc(C=CC(=O)Nc2cccc3c2OC(c2nnn[nH]2)CO3)cc1. The molecule has 2 heterocycles. The zero-order valence-electron chi connectivity index (χ0n) is 16.7. The Morgan fingerprint density at radius 1 is 1.29 bits per heavy atom. The highest BCUT2D eigenvalue weighted by Gasteiger charge is 2.27. The number of anilines is 1. The number of fused-ring (bicyclic) bond motifs is 1. The van der Waals surface area contributed by atoms with Gasteiger partial charge in [-0.25, -0.2) is 5.10 Å². The van der Waals surface area contributed by atoms with E-state index in [4.69, 9.17) is 14.2 Å². The van der Waals surface area contributed by atoms with Gasteiger partial charge in [0.15, 0.2) is 23.4 Å². The normalized spacial score (nSPS) is 14.9. The number of tetrazole rings is 1. The Balaban J connectivity index is 1.39. The molecule has 1 aromatic heterocycles. The number of nitrogens with zero attached hydrogens (tertiary/aromatic N) is 3. The third-order valence-electron chi connectivity index (χ3n) is 4.45. The van der Waals surface area contributed by atoms with E-state index in [1.807, 2.05) is 30.3 Å². The summed E-state index contributed by atoms with van der Waals surface area (Å²) in [5, 5.41) is 16.5. The maximum atomic E-state index is 12.5. The van der Waals surface area contributed by atoms with E-state index in [9.17, 15) is 4.79 Å². The molecule has 4 rings (SSSR count). The predicted octanol–water partition coefficient (Wildman–Crippen LogP) is 3.32. The van der Waals surface area contributed by atoms with E-state index in [1.54, 1.807) is 24.3 Å². The quantitative estimate of drug-likeness (QED) is 0.327. The molecule has 1 atom stereocenters. The van der Waals surface area contributed by atoms with Crippen LogP contribution in [0.15, 0.2) is 61.2 Å². The summed E-state index contributed by atoms with van der Waals surface area (Å²) in [7, 11) is 0. The first-order chi connectivity index (χ1) is 15.2. The van der Waals surface area contributed by atoms with Crippen molar-refractivity contribution in [1.29, 1.82) is 0 Å². The van der Waals surface area contributed by atoms with Gasteiger partial charge in [0.25, 0.3) is 0 Å². The Morgan fingerprint density at radius 2 is 2.16 bits per heavy atom. The van der Waals surface area contributed by atoms with Crippen LogP contribution in [0, 0.1) is 0 Å². The molecule has 0 saturated heterocycles. The average molecular weight is 419 g/mol. The van der Waals surface area contributed by atoms with E-state index < -0.39 is 6.10 Å². The molecule has 1 aliphatic rings. The van der Waals surface area contributed by atoms with Crippen molar-refractivity contribution in [3.8, 4) is 17.2 Å². The number of rotatable bonds is 8. The fraction of sp³-hybridized carbons (Fsp3) is 0.182. The summed E-state index contributed by atoms with van der Waals surface area (Å²) in [6.45, 7) is 4.51. The van der Waals surface area contributed by atoms with Crippen LogP contribution in [0.3, 0.4) is 0 Å². The molecule has 0 aliphatic carbocycles. The lowest BCUT2D eigenvalue weighted by Crippen LogP contribution is -2.24. The second-order valence-corrected chi connectivity index (χ2v) is 6.65. The third-order valence-corrected chi connectivity index (χ3v) is 4.45. The number of amides is 1. The standard InChI is InChI=1S/C22H21N5O4/c1-2-3-13-29-16-10-7-15(8-11-16)9-12-20(28)23-17-5-4-6-18-21(17)31-19(14-30-18)22-24-26-27-25-22/h2,4-12,19H,1,3,13-14H2,(H,23,28)(H,24,25,26,27). The van der Waals surface area contributed by atoms with Crippen LogP contribution in [0.1, 0.15) is 23.9 Å². The maximum Gasteiger partial charge on any atom is 0.248 e. The lowest BCUT2D eigenvalue weighted by Gasteiger charge is -2.26. The van der Waals surface area contributed by atoms with E-state index in [1.165, 1.54) is 6.08 Å². The molecular formula is C22H21N5O4. The number of ether oxygens (including phenoxy) is 3. The van der Waals surface area contributed by atoms with Gasteiger partial charge < -0.3 is 19.5 Å². The van der Waals surface area contributed by atoms with Crippen molar-refractivity contribution in [2.45, 2.75) is 12.5 Å². The molecule has 0 spiro atoms. The topological polar surface area (TPSA) is 111 Å². The van der Waals surface area contributed by atoms with Crippen molar-refractivity contribution in [2.24, 2.45) is 0 Å². The maximum absolute atomic E-state index is 12.5. The van der Waals surface area contributed by atoms with Crippen molar-refractivity contribution < 1.29 is 19.0 Å². The summed E-state index contributed by atoms with van der Waals surface area (Å²) in [6.07, 6.45) is 5.27. The van der Waals surface area contributed by atoms with Gasteiger partial charge in [0, 0.05) is 6.08 Å². The van der Waals surface area contributed by atoms with Crippen LogP contribution in [-0.4, -0.2) is 39.7 Å². The number of para-hydroxylation sites is 1. The number of carbonyl (C=O) groups is 1. The van der Waals surface area contributed by atoms with Crippen molar-refractivity contribution >= 4 is 17.7 Å². The minimum absolute atomic E-state index is 0.258. The number of aromatic nitrogens is 4. The van der Waals surface area contributed by atoms with E-state index in [2.05, 4.69) is 32.5 Å². The molecule has 1 unspecified atom stereocenters. The largest absolute Gasteiger partial charge is 0.493 e. The van der Waals surface area contributed by atoms with Gasteiger partial charge in [-0.3, -0.25) is 4.79 Å². The van der Waals surface area contributed by atoms with Crippen molar-refractivity contribution in [2.75, 3.05) is 18.5 Å². The summed E-state index contributed by atoms with van der Waals surface area (Å²) < 4.78 is 17.3. The summed E-state index contributed by atoms with van der Waals surface area (Å²) in [6, 6.07) is 12.8. The zero-order chi connectivity index (χ0) is 21.5. The minimum atomic E-state index is -0.497. The fourth-order valence-corrected chi connectivity index (χ4v) is 2.91. The number of aromatic amines is 1.